The van der Waals surface area contributed by atoms with E-state index in [1.165, 1.54) is 24.3 Å². The molecule has 4 aromatic rings. The number of benzene rings is 4. The van der Waals surface area contributed by atoms with Crippen molar-refractivity contribution < 1.29 is 25.9 Å². The average molecular weight is 511 g/mol. The predicted octanol–water partition coefficient (Wildman–Crippen LogP) is 4.34. The van der Waals surface area contributed by atoms with Crippen molar-refractivity contribution in [1.82, 2.24) is 0 Å². The Hall–Kier alpha value is -1.52. The molecule has 0 radical (unpaired) electrons. The van der Waals surface area contributed by atoms with E-state index in [2.05, 4.69) is 0 Å². The Morgan fingerprint density at radius 2 is 0.848 bits per heavy atom. The molecule has 0 unspecified atom stereocenters. The van der Waals surface area contributed by atoms with Crippen molar-refractivity contribution in [3.63, 3.8) is 0 Å². The van der Waals surface area contributed by atoms with Gasteiger partial charge in [0.05, 0.1) is 9.79 Å². The standard InChI is InChI=1S/2C12H12O3S.Ca/c2*1-8-4-3-5-11-9(2)6-10(7-12(8)11)16(13,14)15;/h2*3-7H,1-2H3,(H,13,14,15);/q;;+2/p-2. The van der Waals surface area contributed by atoms with Gasteiger partial charge in [0.2, 0.25) is 0 Å². The van der Waals surface area contributed by atoms with Gasteiger partial charge in [-0.05, 0) is 95.8 Å². The molecular weight excluding hydrogens is 488 g/mol. The second kappa shape index (κ2) is 10.4. The van der Waals surface area contributed by atoms with Crippen LogP contribution < -0.4 is 0 Å². The summed E-state index contributed by atoms with van der Waals surface area (Å²) in [6, 6.07) is 17.2. The topological polar surface area (TPSA) is 114 Å². The molecule has 0 N–H and O–H groups in total. The van der Waals surface area contributed by atoms with Gasteiger partial charge in [-0.15, -0.1) is 0 Å². The van der Waals surface area contributed by atoms with Crippen molar-refractivity contribution in [1.29, 1.82) is 0 Å². The van der Waals surface area contributed by atoms with Gasteiger partial charge in [-0.3, -0.25) is 0 Å². The van der Waals surface area contributed by atoms with Gasteiger partial charge in [0, 0.05) is 0 Å². The van der Waals surface area contributed by atoms with Gasteiger partial charge in [-0.1, -0.05) is 36.4 Å². The van der Waals surface area contributed by atoms with Crippen molar-refractivity contribution in [3.05, 3.63) is 82.9 Å². The SMILES string of the molecule is Cc1cc(S(=O)(=O)[O-])cc2c(C)cccc12.Cc1cc(S(=O)(=O)[O-])cc2c(C)cccc12.[Ca+2]. The number of aryl methyl sites for hydroxylation is 4. The van der Waals surface area contributed by atoms with Gasteiger partial charge in [0.15, 0.2) is 0 Å². The minimum absolute atomic E-state index is 0. The summed E-state index contributed by atoms with van der Waals surface area (Å²) in [5, 5.41) is 3.59. The Morgan fingerprint density at radius 1 is 0.515 bits per heavy atom. The summed E-state index contributed by atoms with van der Waals surface area (Å²) in [5.41, 5.74) is 3.53. The van der Waals surface area contributed by atoms with Crippen LogP contribution in [-0.2, 0) is 20.2 Å². The second-order valence-corrected chi connectivity index (χ2v) is 10.5. The molecule has 0 aliphatic heterocycles. The molecule has 0 aliphatic carbocycles. The van der Waals surface area contributed by atoms with E-state index in [0.717, 1.165) is 43.8 Å². The molecule has 6 nitrogen and oxygen atoms in total. The summed E-state index contributed by atoms with van der Waals surface area (Å²) in [5.74, 6) is 0. The molecule has 0 bridgehead atoms. The van der Waals surface area contributed by atoms with Crippen LogP contribution in [0.3, 0.4) is 0 Å². The summed E-state index contributed by atoms with van der Waals surface area (Å²) >= 11 is 0. The van der Waals surface area contributed by atoms with Crippen molar-refractivity contribution in [3.8, 4) is 0 Å². The molecule has 168 valence electrons. The predicted molar refractivity (Wildman–Crippen MR) is 129 cm³/mol. The van der Waals surface area contributed by atoms with E-state index in [4.69, 9.17) is 0 Å². The van der Waals surface area contributed by atoms with Crippen LogP contribution in [-0.4, -0.2) is 63.7 Å². The Bertz CT molecular complexity index is 1440. The maximum absolute atomic E-state index is 11.0. The first-order chi connectivity index (χ1) is 14.8. The number of hydrogen-bond donors (Lipinski definition) is 0. The minimum Gasteiger partial charge on any atom is -0.744 e. The first-order valence-corrected chi connectivity index (χ1v) is 12.5. The molecule has 0 spiro atoms. The van der Waals surface area contributed by atoms with E-state index in [9.17, 15) is 25.9 Å². The van der Waals surface area contributed by atoms with Crippen LogP contribution in [0.5, 0.6) is 0 Å². The second-order valence-electron chi connectivity index (χ2n) is 7.73. The first kappa shape index (κ1) is 27.7. The molecule has 0 fully saturated rings. The van der Waals surface area contributed by atoms with Gasteiger partial charge in [-0.25, -0.2) is 16.8 Å². The summed E-state index contributed by atoms with van der Waals surface area (Å²) in [6.45, 7) is 7.39. The maximum Gasteiger partial charge on any atom is 2.00 e. The molecule has 0 aliphatic rings. The van der Waals surface area contributed by atoms with Crippen LogP contribution in [0, 0.1) is 27.7 Å². The fourth-order valence-electron chi connectivity index (χ4n) is 3.67. The number of hydrogen-bond acceptors (Lipinski definition) is 6. The summed E-state index contributed by atoms with van der Waals surface area (Å²) in [7, 11) is -8.77. The monoisotopic (exact) mass is 510 g/mol. The first-order valence-electron chi connectivity index (χ1n) is 9.71. The third kappa shape index (κ3) is 6.33. The zero-order valence-corrected chi connectivity index (χ0v) is 22.6. The Kier molecular flexibility index (Phi) is 8.73. The minimum atomic E-state index is -4.38. The molecule has 0 amide bonds. The smallest absolute Gasteiger partial charge is 0.744 e. The molecular formula is C24H22CaO6S2. The summed E-state index contributed by atoms with van der Waals surface area (Å²) in [6.07, 6.45) is 0. The van der Waals surface area contributed by atoms with Crippen LogP contribution in [0.4, 0.5) is 0 Å². The quantitative estimate of drug-likeness (QED) is 0.293. The average Bonchev–Trinajstić information content (AvgIpc) is 2.68. The molecule has 33 heavy (non-hydrogen) atoms. The number of fused-ring (bicyclic) bond motifs is 2. The van der Waals surface area contributed by atoms with Crippen molar-refractivity contribution in [2.45, 2.75) is 37.5 Å². The number of rotatable bonds is 2. The Balaban J connectivity index is 0.000000227. The largest absolute Gasteiger partial charge is 2.00 e. The summed E-state index contributed by atoms with van der Waals surface area (Å²) < 4.78 is 65.9. The van der Waals surface area contributed by atoms with Crippen LogP contribution in [0.2, 0.25) is 0 Å². The van der Waals surface area contributed by atoms with E-state index in [1.807, 2.05) is 50.2 Å². The van der Waals surface area contributed by atoms with E-state index in [0.29, 0.717) is 0 Å². The van der Waals surface area contributed by atoms with Gasteiger partial charge in [-0.2, -0.15) is 0 Å². The molecule has 0 saturated carbocycles. The Morgan fingerprint density at radius 3 is 1.15 bits per heavy atom. The molecule has 0 aromatic heterocycles. The normalized spacial score (nSPS) is 11.6. The fourth-order valence-corrected chi connectivity index (χ4v) is 4.84. The molecule has 4 rings (SSSR count). The van der Waals surface area contributed by atoms with E-state index in [-0.39, 0.29) is 47.5 Å². The van der Waals surface area contributed by atoms with E-state index < -0.39 is 20.2 Å². The molecule has 9 heteroatoms. The van der Waals surface area contributed by atoms with Crippen molar-refractivity contribution >= 4 is 79.5 Å². The third-order valence-electron chi connectivity index (χ3n) is 5.37. The van der Waals surface area contributed by atoms with Crippen LogP contribution in [0.25, 0.3) is 21.5 Å². The third-order valence-corrected chi connectivity index (χ3v) is 6.99. The molecule has 0 saturated heterocycles. The molecule has 0 heterocycles. The zero-order chi connectivity index (χ0) is 23.8. The molecule has 4 aromatic carbocycles. The van der Waals surface area contributed by atoms with Crippen LogP contribution >= 0.6 is 0 Å². The van der Waals surface area contributed by atoms with Crippen molar-refractivity contribution in [2.75, 3.05) is 0 Å². The van der Waals surface area contributed by atoms with Gasteiger partial charge < -0.3 is 9.11 Å². The van der Waals surface area contributed by atoms with Gasteiger partial charge >= 0.3 is 37.7 Å². The molecule has 0 atom stereocenters. The van der Waals surface area contributed by atoms with E-state index in [1.54, 1.807) is 13.8 Å². The van der Waals surface area contributed by atoms with Crippen LogP contribution in [0.15, 0.2) is 70.5 Å². The van der Waals surface area contributed by atoms with E-state index >= 15 is 0 Å². The zero-order valence-electron chi connectivity index (χ0n) is 18.7. The fraction of sp³-hybridized carbons (Fsp3) is 0.167. The summed E-state index contributed by atoms with van der Waals surface area (Å²) in [4.78, 5) is -0.321. The van der Waals surface area contributed by atoms with Crippen molar-refractivity contribution in [2.24, 2.45) is 0 Å². The Labute approximate surface area is 224 Å². The van der Waals surface area contributed by atoms with Gasteiger partial charge in [0.1, 0.15) is 20.2 Å². The van der Waals surface area contributed by atoms with Crippen LogP contribution in [0.1, 0.15) is 22.3 Å². The van der Waals surface area contributed by atoms with Gasteiger partial charge in [0.25, 0.3) is 0 Å². The maximum atomic E-state index is 11.0.